The molecule has 0 radical (unpaired) electrons. The molecule has 2 aromatic heterocycles. The van der Waals surface area contributed by atoms with Crippen LogP contribution in [0.3, 0.4) is 0 Å². The first-order valence-corrected chi connectivity index (χ1v) is 15.0. The minimum absolute atomic E-state index is 0.0188. The maximum absolute atomic E-state index is 15.8. The van der Waals surface area contributed by atoms with Gasteiger partial charge >= 0.3 is 6.09 Å². The number of carboxylic acid groups (broad SMARTS) is 1. The smallest absolute Gasteiger partial charge is 0.407 e. The van der Waals surface area contributed by atoms with Gasteiger partial charge in [0.25, 0.3) is 0 Å². The SMILES string of the molecule is CCCS(=O)(=O)Nc1cccc(-c2cn(-c3ccc(N4CCN(C(=O)O)CC4C)cc3)nc2-c2ccncc2)c1F. The molecule has 0 aliphatic carbocycles. The van der Waals surface area contributed by atoms with Gasteiger partial charge in [0.1, 0.15) is 5.69 Å². The summed E-state index contributed by atoms with van der Waals surface area (Å²) in [4.78, 5) is 19.0. The van der Waals surface area contributed by atoms with Crippen LogP contribution in [0.1, 0.15) is 20.3 Å². The molecule has 0 spiro atoms. The predicted octanol–water partition coefficient (Wildman–Crippen LogP) is 5.08. The topological polar surface area (TPSA) is 121 Å². The third-order valence-electron chi connectivity index (χ3n) is 7.04. The fourth-order valence-corrected chi connectivity index (χ4v) is 6.18. The predicted molar refractivity (Wildman–Crippen MR) is 156 cm³/mol. The number of carbonyl (C=O) groups is 1. The lowest BCUT2D eigenvalue weighted by atomic mass is 10.0. The maximum atomic E-state index is 15.8. The zero-order chi connectivity index (χ0) is 29.1. The summed E-state index contributed by atoms with van der Waals surface area (Å²) < 4.78 is 44.5. The quantitative estimate of drug-likeness (QED) is 0.299. The van der Waals surface area contributed by atoms with Gasteiger partial charge in [-0.1, -0.05) is 19.1 Å². The van der Waals surface area contributed by atoms with Gasteiger partial charge in [0.05, 0.1) is 17.1 Å². The highest BCUT2D eigenvalue weighted by Crippen LogP contribution is 2.36. The second kappa shape index (κ2) is 11.6. The Hall–Kier alpha value is -4.45. The van der Waals surface area contributed by atoms with Crippen molar-refractivity contribution in [2.45, 2.75) is 26.3 Å². The monoisotopic (exact) mass is 578 g/mol. The van der Waals surface area contributed by atoms with Crippen LogP contribution in [0.25, 0.3) is 28.1 Å². The van der Waals surface area contributed by atoms with Crippen molar-refractivity contribution >= 4 is 27.5 Å². The van der Waals surface area contributed by atoms with E-state index >= 15 is 4.39 Å². The second-order valence-electron chi connectivity index (χ2n) is 9.95. The van der Waals surface area contributed by atoms with E-state index in [0.29, 0.717) is 37.3 Å². The molecule has 1 amide bonds. The number of piperazine rings is 1. The van der Waals surface area contributed by atoms with Crippen molar-refractivity contribution in [1.29, 1.82) is 0 Å². The summed E-state index contributed by atoms with van der Waals surface area (Å²) in [6.07, 6.45) is 4.48. The fraction of sp³-hybridized carbons (Fsp3) is 0.276. The lowest BCUT2D eigenvalue weighted by molar-refractivity contribution is 0.136. The summed E-state index contributed by atoms with van der Waals surface area (Å²) in [7, 11) is -3.69. The Morgan fingerprint density at radius 2 is 1.76 bits per heavy atom. The van der Waals surface area contributed by atoms with Gasteiger partial charge in [-0.3, -0.25) is 9.71 Å². The van der Waals surface area contributed by atoms with Crippen molar-refractivity contribution in [3.05, 3.63) is 79.0 Å². The van der Waals surface area contributed by atoms with Crippen LogP contribution < -0.4 is 9.62 Å². The van der Waals surface area contributed by atoms with Crippen LogP contribution in [-0.4, -0.2) is 70.7 Å². The van der Waals surface area contributed by atoms with Gasteiger partial charge in [-0.25, -0.2) is 22.3 Å². The van der Waals surface area contributed by atoms with Gasteiger partial charge < -0.3 is 14.9 Å². The molecule has 1 aliphatic heterocycles. The Morgan fingerprint density at radius 3 is 2.41 bits per heavy atom. The molecule has 41 heavy (non-hydrogen) atoms. The normalized spacial score (nSPS) is 15.6. The highest BCUT2D eigenvalue weighted by Gasteiger charge is 2.27. The largest absolute Gasteiger partial charge is 0.465 e. The summed E-state index contributed by atoms with van der Waals surface area (Å²) in [6, 6.07) is 15.9. The Morgan fingerprint density at radius 1 is 1.05 bits per heavy atom. The van der Waals surface area contributed by atoms with E-state index in [0.717, 1.165) is 16.9 Å². The van der Waals surface area contributed by atoms with E-state index in [-0.39, 0.29) is 23.0 Å². The van der Waals surface area contributed by atoms with Crippen molar-refractivity contribution in [1.82, 2.24) is 19.7 Å². The van der Waals surface area contributed by atoms with Gasteiger partial charge in [-0.2, -0.15) is 5.10 Å². The molecule has 1 atom stereocenters. The number of halogens is 1. The van der Waals surface area contributed by atoms with Crippen LogP contribution in [0.2, 0.25) is 0 Å². The standard InChI is InChI=1S/C29H31FN6O4S/c1-3-17-41(39,40)33-26-6-4-5-24(27(26)30)25-19-36(32-28(25)21-11-13-31-14-12-21)23-9-7-22(8-10-23)35-16-15-34(29(37)38)18-20(35)2/h4-14,19-20,33H,3,15-18H2,1-2H3,(H,37,38). The van der Waals surface area contributed by atoms with E-state index < -0.39 is 21.9 Å². The summed E-state index contributed by atoms with van der Waals surface area (Å²) in [5.74, 6) is -0.798. The molecule has 2 N–H and O–H groups in total. The third-order valence-corrected chi connectivity index (χ3v) is 8.52. The first-order valence-electron chi connectivity index (χ1n) is 13.3. The van der Waals surface area contributed by atoms with Gasteiger partial charge in [-0.05, 0) is 55.8 Å². The maximum Gasteiger partial charge on any atom is 0.407 e. The first kappa shape index (κ1) is 28.1. The molecule has 1 unspecified atom stereocenters. The number of pyridine rings is 1. The van der Waals surface area contributed by atoms with E-state index in [1.807, 2.05) is 31.2 Å². The van der Waals surface area contributed by atoms with Crippen molar-refractivity contribution < 1.29 is 22.7 Å². The lowest BCUT2D eigenvalue weighted by Crippen LogP contribution is -2.53. The van der Waals surface area contributed by atoms with Crippen molar-refractivity contribution in [2.24, 2.45) is 0 Å². The summed E-state index contributed by atoms with van der Waals surface area (Å²) in [5, 5.41) is 14.1. The number of benzene rings is 2. The van der Waals surface area contributed by atoms with E-state index in [9.17, 15) is 18.3 Å². The average Bonchev–Trinajstić information content (AvgIpc) is 3.40. The van der Waals surface area contributed by atoms with Gasteiger partial charge in [0.2, 0.25) is 10.0 Å². The number of amides is 1. The molecule has 2 aromatic carbocycles. The lowest BCUT2D eigenvalue weighted by Gasteiger charge is -2.40. The number of nitrogens with one attached hydrogen (secondary N) is 1. The highest BCUT2D eigenvalue weighted by atomic mass is 32.2. The molecule has 4 aromatic rings. The minimum atomic E-state index is -3.69. The molecule has 1 aliphatic rings. The molecular formula is C29H31FN6O4S. The zero-order valence-corrected chi connectivity index (χ0v) is 23.6. The van der Waals surface area contributed by atoms with Crippen molar-refractivity contribution in [2.75, 3.05) is 35.0 Å². The van der Waals surface area contributed by atoms with Crippen LogP contribution in [-0.2, 0) is 10.0 Å². The third kappa shape index (κ3) is 6.02. The molecule has 0 saturated carbocycles. The number of sulfonamides is 1. The molecule has 5 rings (SSSR count). The molecule has 1 saturated heterocycles. The molecule has 0 bridgehead atoms. The first-order chi connectivity index (χ1) is 19.7. The van der Waals surface area contributed by atoms with Gasteiger partial charge in [0, 0.05) is 66.6 Å². The molecule has 1 fully saturated rings. The van der Waals surface area contributed by atoms with Gasteiger partial charge in [-0.15, -0.1) is 0 Å². The second-order valence-corrected chi connectivity index (χ2v) is 11.8. The summed E-state index contributed by atoms with van der Waals surface area (Å²) in [6.45, 7) is 5.18. The molecule has 214 valence electrons. The Balaban J connectivity index is 1.50. The van der Waals surface area contributed by atoms with Crippen molar-refractivity contribution in [3.8, 4) is 28.1 Å². The van der Waals surface area contributed by atoms with Crippen LogP contribution in [0.4, 0.5) is 20.6 Å². The number of hydrogen-bond acceptors (Lipinski definition) is 6. The van der Waals surface area contributed by atoms with E-state index in [4.69, 9.17) is 5.10 Å². The molecule has 10 nitrogen and oxygen atoms in total. The highest BCUT2D eigenvalue weighted by molar-refractivity contribution is 7.92. The zero-order valence-electron chi connectivity index (χ0n) is 22.7. The average molecular weight is 579 g/mol. The molecular weight excluding hydrogens is 547 g/mol. The molecule has 12 heteroatoms. The summed E-state index contributed by atoms with van der Waals surface area (Å²) in [5.41, 5.74) is 3.53. The van der Waals surface area contributed by atoms with Crippen LogP contribution in [0.15, 0.2) is 73.2 Å². The number of nitrogens with zero attached hydrogens (tertiary/aromatic N) is 5. The van der Waals surface area contributed by atoms with Crippen molar-refractivity contribution in [3.63, 3.8) is 0 Å². The van der Waals surface area contributed by atoms with Gasteiger partial charge in [0.15, 0.2) is 5.82 Å². The van der Waals surface area contributed by atoms with Crippen LogP contribution in [0.5, 0.6) is 0 Å². The summed E-state index contributed by atoms with van der Waals surface area (Å²) >= 11 is 0. The fourth-order valence-electron chi connectivity index (χ4n) is 5.04. The number of anilines is 2. The minimum Gasteiger partial charge on any atom is -0.465 e. The van der Waals surface area contributed by atoms with E-state index in [1.165, 1.54) is 11.0 Å². The number of rotatable bonds is 8. The number of aromatic nitrogens is 3. The van der Waals surface area contributed by atoms with Crippen LogP contribution in [0, 0.1) is 5.82 Å². The Kier molecular flexibility index (Phi) is 7.93. The Bertz CT molecular complexity index is 1640. The van der Waals surface area contributed by atoms with Crippen LogP contribution >= 0.6 is 0 Å². The van der Waals surface area contributed by atoms with E-state index in [1.54, 1.807) is 54.5 Å². The number of hydrogen-bond donors (Lipinski definition) is 2. The van der Waals surface area contributed by atoms with E-state index in [2.05, 4.69) is 14.6 Å². The molecule has 3 heterocycles. The Labute approximate surface area is 238 Å².